The van der Waals surface area contributed by atoms with E-state index in [4.69, 9.17) is 20.9 Å². The number of carbonyl (C=O) groups is 1. The molecule has 146 valence electrons. The molecule has 0 atom stereocenters. The molecule has 3 rings (SSSR count). The number of ether oxygens (including phenoxy) is 1. The molecular formula is C20H26ClN3O3. The van der Waals surface area contributed by atoms with Crippen LogP contribution in [0.4, 0.5) is 0 Å². The minimum absolute atomic E-state index is 0.0180. The molecule has 2 heterocycles. The number of hydrogen-bond acceptors (Lipinski definition) is 5. The largest absolute Gasteiger partial charge is 0.491 e. The summed E-state index contributed by atoms with van der Waals surface area (Å²) in [7, 11) is 0. The number of piperazine rings is 1. The van der Waals surface area contributed by atoms with E-state index < -0.39 is 0 Å². The molecule has 2 aromatic rings. The van der Waals surface area contributed by atoms with Crippen molar-refractivity contribution < 1.29 is 14.1 Å². The highest BCUT2D eigenvalue weighted by Gasteiger charge is 2.28. The molecule has 1 aliphatic heterocycles. The van der Waals surface area contributed by atoms with Crippen LogP contribution in [0.25, 0.3) is 0 Å². The van der Waals surface area contributed by atoms with Crippen molar-refractivity contribution in [2.75, 3.05) is 39.3 Å². The van der Waals surface area contributed by atoms with E-state index in [1.54, 1.807) is 0 Å². The van der Waals surface area contributed by atoms with E-state index in [0.717, 1.165) is 19.6 Å². The van der Waals surface area contributed by atoms with Gasteiger partial charge in [0.15, 0.2) is 5.76 Å². The summed E-state index contributed by atoms with van der Waals surface area (Å²) in [6, 6.07) is 7.48. The van der Waals surface area contributed by atoms with Gasteiger partial charge in [-0.05, 0) is 19.1 Å². The van der Waals surface area contributed by atoms with Gasteiger partial charge in [-0.2, -0.15) is 0 Å². The summed E-state index contributed by atoms with van der Waals surface area (Å²) in [6.45, 7) is 10.2. The van der Waals surface area contributed by atoms with Crippen molar-refractivity contribution in [1.82, 2.24) is 15.0 Å². The number of aryl methyl sites for hydroxylation is 1. The molecule has 0 bridgehead atoms. The van der Waals surface area contributed by atoms with Gasteiger partial charge >= 0.3 is 0 Å². The number of halogens is 1. The molecule has 0 aliphatic carbocycles. The van der Waals surface area contributed by atoms with Gasteiger partial charge in [0.25, 0.3) is 5.91 Å². The Morgan fingerprint density at radius 3 is 2.63 bits per heavy atom. The highest BCUT2D eigenvalue weighted by atomic mass is 35.5. The first kappa shape index (κ1) is 19.7. The first-order valence-corrected chi connectivity index (χ1v) is 9.70. The van der Waals surface area contributed by atoms with Crippen LogP contribution in [-0.2, 0) is 0 Å². The summed E-state index contributed by atoms with van der Waals surface area (Å²) in [6.07, 6.45) is 0. The van der Waals surface area contributed by atoms with Crippen LogP contribution in [0.2, 0.25) is 5.02 Å². The number of benzene rings is 1. The van der Waals surface area contributed by atoms with Gasteiger partial charge in [-0.15, -0.1) is 0 Å². The Balaban J connectivity index is 1.50. The second-order valence-electron chi connectivity index (χ2n) is 7.07. The molecule has 1 fully saturated rings. The van der Waals surface area contributed by atoms with Crippen LogP contribution in [0.3, 0.4) is 0 Å². The van der Waals surface area contributed by atoms with Gasteiger partial charge in [0.1, 0.15) is 17.9 Å². The lowest BCUT2D eigenvalue weighted by molar-refractivity contribution is 0.0617. The number of carbonyl (C=O) groups excluding carboxylic acids is 1. The first-order chi connectivity index (χ1) is 13.0. The topological polar surface area (TPSA) is 58.8 Å². The fourth-order valence-corrected chi connectivity index (χ4v) is 3.41. The molecule has 1 aromatic carbocycles. The normalized spacial score (nSPS) is 15.4. The van der Waals surface area contributed by atoms with Crippen molar-refractivity contribution in [3.05, 3.63) is 46.3 Å². The monoisotopic (exact) mass is 391 g/mol. The van der Waals surface area contributed by atoms with E-state index in [2.05, 4.69) is 10.1 Å². The highest BCUT2D eigenvalue weighted by Crippen LogP contribution is 2.25. The number of hydrogen-bond donors (Lipinski definition) is 0. The lowest BCUT2D eigenvalue weighted by atomic mass is 10.0. The minimum atomic E-state index is 0.0180. The third-order valence-electron chi connectivity index (χ3n) is 4.79. The molecule has 1 aromatic heterocycles. The van der Waals surface area contributed by atoms with Crippen LogP contribution in [-0.4, -0.2) is 60.2 Å². The lowest BCUT2D eigenvalue weighted by Gasteiger charge is -2.34. The summed E-state index contributed by atoms with van der Waals surface area (Å²) in [4.78, 5) is 17.1. The predicted molar refractivity (Wildman–Crippen MR) is 105 cm³/mol. The lowest BCUT2D eigenvalue weighted by Crippen LogP contribution is -2.49. The standard InChI is InChI=1S/C20H26ClN3O3/c1-14(2)19-18(15(3)22-27-19)20(25)24-10-8-23(9-11-24)12-13-26-17-7-5-4-6-16(17)21/h4-7,14H,8-13H2,1-3H3. The van der Waals surface area contributed by atoms with Crippen LogP contribution >= 0.6 is 11.6 Å². The van der Waals surface area contributed by atoms with Crippen molar-refractivity contribution in [2.45, 2.75) is 26.7 Å². The average molecular weight is 392 g/mol. The van der Waals surface area contributed by atoms with Crippen LogP contribution < -0.4 is 4.74 Å². The number of para-hydroxylation sites is 1. The zero-order valence-electron chi connectivity index (χ0n) is 16.1. The number of aromatic nitrogens is 1. The highest BCUT2D eigenvalue weighted by molar-refractivity contribution is 6.32. The summed E-state index contributed by atoms with van der Waals surface area (Å²) in [5.74, 6) is 1.53. The zero-order chi connectivity index (χ0) is 19.4. The molecule has 0 N–H and O–H groups in total. The van der Waals surface area contributed by atoms with Gasteiger partial charge in [0, 0.05) is 38.6 Å². The van der Waals surface area contributed by atoms with E-state index in [9.17, 15) is 4.79 Å². The Hall–Kier alpha value is -2.05. The number of rotatable bonds is 6. The Kier molecular flexibility index (Phi) is 6.39. The molecule has 1 saturated heterocycles. The maximum absolute atomic E-state index is 12.9. The van der Waals surface area contributed by atoms with Crippen molar-refractivity contribution in [3.8, 4) is 5.75 Å². The summed E-state index contributed by atoms with van der Waals surface area (Å²) >= 11 is 6.10. The third-order valence-corrected chi connectivity index (χ3v) is 5.10. The fraction of sp³-hybridized carbons (Fsp3) is 0.500. The Morgan fingerprint density at radius 2 is 1.96 bits per heavy atom. The van der Waals surface area contributed by atoms with E-state index in [1.165, 1.54) is 0 Å². The van der Waals surface area contributed by atoms with Gasteiger partial charge in [-0.3, -0.25) is 9.69 Å². The van der Waals surface area contributed by atoms with Gasteiger partial charge in [0.05, 0.1) is 10.7 Å². The van der Waals surface area contributed by atoms with E-state index >= 15 is 0 Å². The second kappa shape index (κ2) is 8.76. The molecule has 1 amide bonds. The predicted octanol–water partition coefficient (Wildman–Crippen LogP) is 3.60. The molecule has 0 saturated carbocycles. The summed E-state index contributed by atoms with van der Waals surface area (Å²) < 4.78 is 11.1. The van der Waals surface area contributed by atoms with Crippen molar-refractivity contribution in [1.29, 1.82) is 0 Å². The first-order valence-electron chi connectivity index (χ1n) is 9.32. The van der Waals surface area contributed by atoms with Crippen molar-refractivity contribution >= 4 is 17.5 Å². The fourth-order valence-electron chi connectivity index (χ4n) is 3.22. The average Bonchev–Trinajstić information content (AvgIpc) is 3.05. The number of amides is 1. The molecule has 27 heavy (non-hydrogen) atoms. The van der Waals surface area contributed by atoms with Crippen LogP contribution in [0.1, 0.15) is 41.6 Å². The molecule has 1 aliphatic rings. The molecule has 0 spiro atoms. The maximum atomic E-state index is 12.9. The quantitative estimate of drug-likeness (QED) is 0.753. The van der Waals surface area contributed by atoms with E-state index in [0.29, 0.717) is 47.5 Å². The Morgan fingerprint density at radius 1 is 1.26 bits per heavy atom. The van der Waals surface area contributed by atoms with Gasteiger partial charge < -0.3 is 14.2 Å². The van der Waals surface area contributed by atoms with Crippen LogP contribution in [0, 0.1) is 6.92 Å². The van der Waals surface area contributed by atoms with Gasteiger partial charge in [-0.1, -0.05) is 42.7 Å². The Labute approximate surface area is 165 Å². The number of nitrogens with zero attached hydrogens (tertiary/aromatic N) is 3. The summed E-state index contributed by atoms with van der Waals surface area (Å²) in [5.41, 5.74) is 1.29. The van der Waals surface area contributed by atoms with Gasteiger partial charge in [0.2, 0.25) is 0 Å². The van der Waals surface area contributed by atoms with Crippen LogP contribution in [0.5, 0.6) is 5.75 Å². The molecular weight excluding hydrogens is 366 g/mol. The second-order valence-corrected chi connectivity index (χ2v) is 7.48. The molecule has 7 heteroatoms. The third kappa shape index (κ3) is 4.62. The van der Waals surface area contributed by atoms with E-state index in [-0.39, 0.29) is 11.8 Å². The van der Waals surface area contributed by atoms with Crippen molar-refractivity contribution in [3.63, 3.8) is 0 Å². The Bertz CT molecular complexity index is 783. The molecule has 0 unspecified atom stereocenters. The maximum Gasteiger partial charge on any atom is 0.259 e. The minimum Gasteiger partial charge on any atom is -0.491 e. The zero-order valence-corrected chi connectivity index (χ0v) is 16.8. The SMILES string of the molecule is Cc1noc(C(C)C)c1C(=O)N1CCN(CCOc2ccccc2Cl)CC1. The van der Waals surface area contributed by atoms with Crippen LogP contribution in [0.15, 0.2) is 28.8 Å². The molecule has 6 nitrogen and oxygen atoms in total. The van der Waals surface area contributed by atoms with E-state index in [1.807, 2.05) is 49.9 Å². The smallest absolute Gasteiger partial charge is 0.259 e. The van der Waals surface area contributed by atoms with Gasteiger partial charge in [-0.25, -0.2) is 0 Å². The van der Waals surface area contributed by atoms with Crippen molar-refractivity contribution in [2.24, 2.45) is 0 Å². The molecule has 0 radical (unpaired) electrons. The summed E-state index contributed by atoms with van der Waals surface area (Å²) in [5, 5.41) is 4.61.